The molecule has 1 fully saturated rings. The molecule has 6 nitrogen and oxygen atoms in total. The lowest BCUT2D eigenvalue weighted by molar-refractivity contribution is -0.140. The van der Waals surface area contributed by atoms with E-state index in [1.807, 2.05) is 36.4 Å². The first-order valence-corrected chi connectivity index (χ1v) is 10.5. The van der Waals surface area contributed by atoms with E-state index in [2.05, 4.69) is 4.98 Å². The van der Waals surface area contributed by atoms with E-state index < -0.39 is 23.5 Å². The smallest absolute Gasteiger partial charge is 0.295 e. The van der Waals surface area contributed by atoms with Gasteiger partial charge in [-0.15, -0.1) is 0 Å². The van der Waals surface area contributed by atoms with Crippen molar-refractivity contribution in [2.45, 2.75) is 19.5 Å². The van der Waals surface area contributed by atoms with Crippen molar-refractivity contribution in [1.29, 1.82) is 0 Å². The zero-order chi connectivity index (χ0) is 23.1. The number of imidazole rings is 1. The van der Waals surface area contributed by atoms with E-state index in [4.69, 9.17) is 0 Å². The van der Waals surface area contributed by atoms with Gasteiger partial charge in [0, 0.05) is 18.3 Å². The van der Waals surface area contributed by atoms with Crippen molar-refractivity contribution >= 4 is 23.1 Å². The Hall–Kier alpha value is -4.26. The van der Waals surface area contributed by atoms with Gasteiger partial charge >= 0.3 is 0 Å². The number of aromatic nitrogens is 2. The topological polar surface area (TPSA) is 74.9 Å². The number of ketones is 1. The number of hydrogen-bond acceptors (Lipinski definition) is 4. The maximum absolute atomic E-state index is 14.9. The minimum Gasteiger partial charge on any atom is -0.505 e. The van der Waals surface area contributed by atoms with Crippen LogP contribution in [0, 0.1) is 12.7 Å². The molecule has 1 unspecified atom stereocenters. The van der Waals surface area contributed by atoms with Gasteiger partial charge < -0.3 is 10.0 Å². The first-order valence-electron chi connectivity index (χ1n) is 10.5. The molecule has 1 saturated heterocycles. The van der Waals surface area contributed by atoms with Crippen LogP contribution in [0.2, 0.25) is 0 Å². The first kappa shape index (κ1) is 20.6. The molecule has 1 aliphatic rings. The summed E-state index contributed by atoms with van der Waals surface area (Å²) in [6.07, 6.45) is 1.71. The minimum atomic E-state index is -1.08. The molecule has 4 aromatic rings. The van der Waals surface area contributed by atoms with Gasteiger partial charge in [-0.3, -0.25) is 14.0 Å². The van der Waals surface area contributed by atoms with Gasteiger partial charge in [-0.05, 0) is 30.7 Å². The number of likely N-dealkylation sites (tertiary alicyclic amines) is 1. The molecule has 1 aliphatic heterocycles. The van der Waals surface area contributed by atoms with Gasteiger partial charge in [0.25, 0.3) is 11.7 Å². The highest BCUT2D eigenvalue weighted by Crippen LogP contribution is 2.41. The van der Waals surface area contributed by atoms with Crippen molar-refractivity contribution in [3.63, 3.8) is 0 Å². The van der Waals surface area contributed by atoms with Crippen molar-refractivity contribution in [1.82, 2.24) is 14.3 Å². The van der Waals surface area contributed by atoms with Crippen LogP contribution in [-0.2, 0) is 16.1 Å². The van der Waals surface area contributed by atoms with E-state index in [1.54, 1.807) is 35.7 Å². The number of nitrogens with zero attached hydrogens (tertiary/aromatic N) is 3. The quantitative estimate of drug-likeness (QED) is 0.289. The Kier molecular flexibility index (Phi) is 5.01. The number of halogens is 1. The van der Waals surface area contributed by atoms with Crippen molar-refractivity contribution in [2.24, 2.45) is 0 Å². The summed E-state index contributed by atoms with van der Waals surface area (Å²) in [7, 11) is 0. The van der Waals surface area contributed by atoms with Crippen LogP contribution < -0.4 is 0 Å². The second kappa shape index (κ2) is 8.02. The number of pyridine rings is 1. The summed E-state index contributed by atoms with van der Waals surface area (Å²) in [5.74, 6) is -2.60. The summed E-state index contributed by atoms with van der Waals surface area (Å²) in [4.78, 5) is 32.1. The van der Waals surface area contributed by atoms with E-state index in [0.29, 0.717) is 17.0 Å². The van der Waals surface area contributed by atoms with E-state index in [-0.39, 0.29) is 23.4 Å². The SMILES string of the molecule is Cc1nc2ccccn2c1/C(O)=C1\C(=O)C(=O)N(Cc2ccccc2)C1c1ccccc1F. The molecule has 164 valence electrons. The molecule has 3 heterocycles. The summed E-state index contributed by atoms with van der Waals surface area (Å²) >= 11 is 0. The number of fused-ring (bicyclic) bond motifs is 1. The van der Waals surface area contributed by atoms with Gasteiger partial charge in [-0.2, -0.15) is 0 Å². The third kappa shape index (κ3) is 3.38. The van der Waals surface area contributed by atoms with E-state index >= 15 is 0 Å². The Morgan fingerprint density at radius 1 is 1.00 bits per heavy atom. The molecule has 1 N–H and O–H groups in total. The number of aliphatic hydroxyl groups is 1. The van der Waals surface area contributed by atoms with Crippen LogP contribution in [0.3, 0.4) is 0 Å². The van der Waals surface area contributed by atoms with Gasteiger partial charge in [0.1, 0.15) is 17.2 Å². The van der Waals surface area contributed by atoms with Crippen LogP contribution in [0.4, 0.5) is 4.39 Å². The molecule has 2 aromatic heterocycles. The average molecular weight is 441 g/mol. The van der Waals surface area contributed by atoms with Gasteiger partial charge in [-0.25, -0.2) is 9.37 Å². The Labute approximate surface area is 189 Å². The number of hydrogen-bond donors (Lipinski definition) is 1. The van der Waals surface area contributed by atoms with Crippen molar-refractivity contribution in [3.05, 3.63) is 113 Å². The van der Waals surface area contributed by atoms with E-state index in [9.17, 15) is 19.1 Å². The molecule has 1 amide bonds. The number of aryl methyl sites for hydroxylation is 1. The molecular weight excluding hydrogens is 421 g/mol. The third-order valence-corrected chi connectivity index (χ3v) is 5.86. The molecule has 0 saturated carbocycles. The maximum atomic E-state index is 14.9. The number of Topliss-reactive ketones (excluding diaryl/α,β-unsaturated/α-hetero) is 1. The number of carbonyl (C=O) groups excluding carboxylic acids is 2. The van der Waals surface area contributed by atoms with Crippen LogP contribution in [0.25, 0.3) is 11.4 Å². The summed E-state index contributed by atoms with van der Waals surface area (Å²) in [6, 6.07) is 19.4. The molecule has 5 rings (SSSR count). The molecular formula is C26H20FN3O3. The van der Waals surface area contributed by atoms with E-state index in [0.717, 1.165) is 5.56 Å². The lowest BCUT2D eigenvalue weighted by Gasteiger charge is -2.25. The van der Waals surface area contributed by atoms with Gasteiger partial charge in [0.2, 0.25) is 0 Å². The standard InChI is InChI=1S/C26H20FN3O3/c1-16-22(29-14-8-7-13-20(29)28-16)24(31)21-23(18-11-5-6-12-19(18)27)30(26(33)25(21)32)15-17-9-3-2-4-10-17/h2-14,23,31H,15H2,1H3/b24-21+. The molecule has 0 spiro atoms. The number of benzene rings is 2. The summed E-state index contributed by atoms with van der Waals surface area (Å²) in [5.41, 5.74) is 2.13. The number of aliphatic hydroxyl groups excluding tert-OH is 1. The lowest BCUT2D eigenvalue weighted by Crippen LogP contribution is -2.29. The fraction of sp³-hybridized carbons (Fsp3) is 0.115. The fourth-order valence-corrected chi connectivity index (χ4v) is 4.37. The molecule has 0 aliphatic carbocycles. The summed E-state index contributed by atoms with van der Waals surface area (Å²) in [5, 5.41) is 11.4. The molecule has 7 heteroatoms. The van der Waals surface area contributed by atoms with Crippen LogP contribution in [0.5, 0.6) is 0 Å². The summed E-state index contributed by atoms with van der Waals surface area (Å²) < 4.78 is 16.6. The largest absolute Gasteiger partial charge is 0.505 e. The predicted molar refractivity (Wildman–Crippen MR) is 121 cm³/mol. The number of carbonyl (C=O) groups is 2. The zero-order valence-corrected chi connectivity index (χ0v) is 17.8. The molecule has 0 radical (unpaired) electrons. The highest BCUT2D eigenvalue weighted by atomic mass is 19.1. The summed E-state index contributed by atoms with van der Waals surface area (Å²) in [6.45, 7) is 1.80. The van der Waals surface area contributed by atoms with E-state index in [1.165, 1.54) is 23.1 Å². The first-order chi connectivity index (χ1) is 16.0. The zero-order valence-electron chi connectivity index (χ0n) is 17.8. The molecule has 2 aromatic carbocycles. The highest BCUT2D eigenvalue weighted by Gasteiger charge is 2.47. The maximum Gasteiger partial charge on any atom is 0.295 e. The molecule has 33 heavy (non-hydrogen) atoms. The minimum absolute atomic E-state index is 0.0906. The normalized spacial score (nSPS) is 17.8. The van der Waals surface area contributed by atoms with Crippen LogP contribution in [0.1, 0.15) is 28.6 Å². The third-order valence-electron chi connectivity index (χ3n) is 5.86. The Bertz CT molecular complexity index is 1430. The predicted octanol–water partition coefficient (Wildman–Crippen LogP) is 4.40. The Morgan fingerprint density at radius 3 is 2.45 bits per heavy atom. The van der Waals surface area contributed by atoms with Crippen LogP contribution in [0.15, 0.2) is 84.6 Å². The van der Waals surface area contributed by atoms with Crippen molar-refractivity contribution in [3.8, 4) is 0 Å². The van der Waals surface area contributed by atoms with Gasteiger partial charge in [0.05, 0.1) is 17.3 Å². The number of rotatable bonds is 4. The van der Waals surface area contributed by atoms with Crippen molar-refractivity contribution < 1.29 is 19.1 Å². The van der Waals surface area contributed by atoms with Gasteiger partial charge in [0.15, 0.2) is 5.76 Å². The monoisotopic (exact) mass is 441 g/mol. The Balaban J connectivity index is 1.74. The Morgan fingerprint density at radius 2 is 1.70 bits per heavy atom. The fourth-order valence-electron chi connectivity index (χ4n) is 4.37. The highest BCUT2D eigenvalue weighted by molar-refractivity contribution is 6.46. The van der Waals surface area contributed by atoms with Gasteiger partial charge in [-0.1, -0.05) is 54.6 Å². The lowest BCUT2D eigenvalue weighted by atomic mass is 9.95. The second-order valence-electron chi connectivity index (χ2n) is 7.91. The average Bonchev–Trinajstić information content (AvgIpc) is 3.28. The van der Waals surface area contributed by atoms with Crippen LogP contribution >= 0.6 is 0 Å². The number of amides is 1. The molecule has 1 atom stereocenters. The molecule has 0 bridgehead atoms. The second-order valence-corrected chi connectivity index (χ2v) is 7.91. The van der Waals surface area contributed by atoms with Crippen LogP contribution in [-0.4, -0.2) is 31.1 Å². The van der Waals surface area contributed by atoms with Crippen molar-refractivity contribution in [2.75, 3.05) is 0 Å².